The first-order chi connectivity index (χ1) is 15.6. The van der Waals surface area contributed by atoms with Gasteiger partial charge in [0.1, 0.15) is 6.17 Å². The molecule has 0 saturated heterocycles. The third-order valence-corrected chi connectivity index (χ3v) is 7.95. The quantitative estimate of drug-likeness (QED) is 0.284. The molecule has 156 valence electrons. The highest BCUT2D eigenvalue weighted by Gasteiger charge is 2.39. The number of hydrogen-bond acceptors (Lipinski definition) is 2. The predicted molar refractivity (Wildman–Crippen MR) is 134 cm³/mol. The third kappa shape index (κ3) is 2.15. The standard InChI is InChI=1S/C30H26N2/c1-18-24-16-20-10-4-6-12-22(20)28(24)29-23-13-7-5-11-21(23)17-25(29)30(18)32-19(2)31(3)26-14-8-9-15-27(26)32/h4-15,19H,16-17H2,1-3H3/t19-/m0/s1. The van der Waals surface area contributed by atoms with Crippen molar-refractivity contribution in [1.82, 2.24) is 0 Å². The summed E-state index contributed by atoms with van der Waals surface area (Å²) in [6.45, 7) is 4.69. The number of nitrogens with zero attached hydrogens (tertiary/aromatic N) is 2. The molecule has 0 N–H and O–H groups in total. The van der Waals surface area contributed by atoms with E-state index in [0.29, 0.717) is 0 Å². The normalized spacial score (nSPS) is 17.2. The molecule has 32 heavy (non-hydrogen) atoms. The maximum Gasteiger partial charge on any atom is 0.103 e. The molecule has 1 aliphatic heterocycles. The minimum atomic E-state index is 0.278. The van der Waals surface area contributed by atoms with Crippen molar-refractivity contribution in [2.75, 3.05) is 16.8 Å². The smallest absolute Gasteiger partial charge is 0.103 e. The average molecular weight is 415 g/mol. The molecule has 1 heterocycles. The number of rotatable bonds is 1. The summed E-state index contributed by atoms with van der Waals surface area (Å²) in [4.78, 5) is 5.00. The van der Waals surface area contributed by atoms with Gasteiger partial charge in [0, 0.05) is 13.5 Å². The molecule has 0 aromatic heterocycles. The predicted octanol–water partition coefficient (Wildman–Crippen LogP) is 7.07. The first kappa shape index (κ1) is 18.1. The minimum Gasteiger partial charge on any atom is -0.353 e. The molecule has 3 aliphatic rings. The molecule has 0 fully saturated rings. The van der Waals surface area contributed by atoms with Crippen LogP contribution in [0.2, 0.25) is 0 Å². The molecule has 2 nitrogen and oxygen atoms in total. The van der Waals surface area contributed by atoms with E-state index in [-0.39, 0.29) is 6.17 Å². The Kier molecular flexibility index (Phi) is 3.54. The molecule has 0 unspecified atom stereocenters. The molecule has 4 aromatic carbocycles. The van der Waals surface area contributed by atoms with Gasteiger partial charge in [0.25, 0.3) is 0 Å². The van der Waals surface area contributed by atoms with Crippen molar-refractivity contribution in [3.8, 4) is 22.3 Å². The molecule has 0 saturated carbocycles. The van der Waals surface area contributed by atoms with E-state index in [9.17, 15) is 0 Å². The van der Waals surface area contributed by atoms with Crippen molar-refractivity contribution in [2.45, 2.75) is 32.9 Å². The number of hydrogen-bond donors (Lipinski definition) is 0. The monoisotopic (exact) mass is 414 g/mol. The molecule has 0 radical (unpaired) electrons. The summed E-state index contributed by atoms with van der Waals surface area (Å²) in [5.41, 5.74) is 17.2. The first-order valence-corrected chi connectivity index (χ1v) is 11.6. The van der Waals surface area contributed by atoms with E-state index in [4.69, 9.17) is 0 Å². The maximum atomic E-state index is 2.60. The second-order valence-corrected chi connectivity index (χ2v) is 9.45. The second kappa shape index (κ2) is 6.26. The van der Waals surface area contributed by atoms with E-state index >= 15 is 0 Å². The van der Waals surface area contributed by atoms with Crippen LogP contribution in [-0.4, -0.2) is 13.2 Å². The van der Waals surface area contributed by atoms with E-state index in [1.54, 1.807) is 0 Å². The summed E-state index contributed by atoms with van der Waals surface area (Å²) in [5, 5.41) is 0. The first-order valence-electron chi connectivity index (χ1n) is 11.6. The van der Waals surface area contributed by atoms with E-state index in [2.05, 4.69) is 103 Å². The number of fused-ring (bicyclic) bond motifs is 8. The van der Waals surface area contributed by atoms with Gasteiger partial charge in [-0.25, -0.2) is 0 Å². The van der Waals surface area contributed by atoms with Crippen LogP contribution in [0.4, 0.5) is 17.1 Å². The Hall–Kier alpha value is -3.52. The fourth-order valence-electron chi connectivity index (χ4n) is 6.36. The zero-order chi connectivity index (χ0) is 21.6. The van der Waals surface area contributed by atoms with Crippen molar-refractivity contribution in [2.24, 2.45) is 0 Å². The molecule has 1 atom stereocenters. The lowest BCUT2D eigenvalue weighted by Crippen LogP contribution is -2.36. The summed E-state index contributed by atoms with van der Waals surface area (Å²) in [7, 11) is 2.22. The fourth-order valence-corrected chi connectivity index (χ4v) is 6.36. The Bertz CT molecular complexity index is 1430. The van der Waals surface area contributed by atoms with Crippen LogP contribution in [0.3, 0.4) is 0 Å². The molecule has 0 bridgehead atoms. The molecular weight excluding hydrogens is 388 g/mol. The lowest BCUT2D eigenvalue weighted by atomic mass is 9.88. The van der Waals surface area contributed by atoms with Crippen LogP contribution in [0.5, 0.6) is 0 Å². The van der Waals surface area contributed by atoms with Crippen molar-refractivity contribution in [3.05, 3.63) is 101 Å². The summed E-state index contributed by atoms with van der Waals surface area (Å²) in [6, 6.07) is 26.9. The summed E-state index contributed by atoms with van der Waals surface area (Å²) in [6.07, 6.45) is 2.31. The zero-order valence-corrected chi connectivity index (χ0v) is 18.8. The minimum absolute atomic E-state index is 0.278. The largest absolute Gasteiger partial charge is 0.353 e. The van der Waals surface area contributed by atoms with Gasteiger partial charge in [-0.05, 0) is 82.5 Å². The Balaban J connectivity index is 1.58. The van der Waals surface area contributed by atoms with E-state index in [1.165, 1.54) is 67.1 Å². The van der Waals surface area contributed by atoms with Crippen molar-refractivity contribution in [3.63, 3.8) is 0 Å². The maximum absolute atomic E-state index is 2.60. The van der Waals surface area contributed by atoms with E-state index < -0.39 is 0 Å². The summed E-state index contributed by atoms with van der Waals surface area (Å²) in [5.74, 6) is 0. The van der Waals surface area contributed by atoms with Crippen molar-refractivity contribution in [1.29, 1.82) is 0 Å². The number of benzene rings is 4. The van der Waals surface area contributed by atoms with Gasteiger partial charge in [-0.1, -0.05) is 60.7 Å². The van der Waals surface area contributed by atoms with E-state index in [1.807, 2.05) is 0 Å². The number of para-hydroxylation sites is 2. The highest BCUT2D eigenvalue weighted by Crippen LogP contribution is 2.56. The van der Waals surface area contributed by atoms with Crippen LogP contribution in [0.15, 0.2) is 72.8 Å². The van der Waals surface area contributed by atoms with Crippen LogP contribution in [0.1, 0.15) is 34.7 Å². The van der Waals surface area contributed by atoms with Crippen LogP contribution in [0.25, 0.3) is 22.3 Å². The van der Waals surface area contributed by atoms with Crippen LogP contribution < -0.4 is 9.80 Å². The van der Waals surface area contributed by atoms with Gasteiger partial charge in [-0.15, -0.1) is 0 Å². The zero-order valence-electron chi connectivity index (χ0n) is 18.8. The van der Waals surface area contributed by atoms with Gasteiger partial charge in [0.05, 0.1) is 17.1 Å². The van der Waals surface area contributed by atoms with Crippen LogP contribution >= 0.6 is 0 Å². The van der Waals surface area contributed by atoms with Crippen LogP contribution in [-0.2, 0) is 12.8 Å². The topological polar surface area (TPSA) is 6.48 Å². The average Bonchev–Trinajstić information content (AvgIpc) is 3.46. The molecule has 7 rings (SSSR count). The molecule has 0 spiro atoms. The van der Waals surface area contributed by atoms with Gasteiger partial charge < -0.3 is 9.80 Å². The lowest BCUT2D eigenvalue weighted by molar-refractivity contribution is 0.730. The Morgan fingerprint density at radius 2 is 1.22 bits per heavy atom. The molecule has 2 aliphatic carbocycles. The van der Waals surface area contributed by atoms with Gasteiger partial charge in [-0.3, -0.25) is 0 Å². The van der Waals surface area contributed by atoms with Gasteiger partial charge >= 0.3 is 0 Å². The van der Waals surface area contributed by atoms with E-state index in [0.717, 1.165) is 12.8 Å². The van der Waals surface area contributed by atoms with Gasteiger partial charge in [0.2, 0.25) is 0 Å². The molecular formula is C30H26N2. The third-order valence-electron chi connectivity index (χ3n) is 7.95. The van der Waals surface area contributed by atoms with Crippen molar-refractivity contribution >= 4 is 17.1 Å². The Morgan fingerprint density at radius 1 is 0.688 bits per heavy atom. The molecule has 2 heteroatoms. The molecule has 0 amide bonds. The summed E-state index contributed by atoms with van der Waals surface area (Å²) < 4.78 is 0. The Labute approximate surface area is 189 Å². The fraction of sp³-hybridized carbons (Fsp3) is 0.200. The van der Waals surface area contributed by atoms with Crippen molar-refractivity contribution < 1.29 is 0 Å². The van der Waals surface area contributed by atoms with Gasteiger partial charge in [-0.2, -0.15) is 0 Å². The second-order valence-electron chi connectivity index (χ2n) is 9.45. The Morgan fingerprint density at radius 3 is 1.91 bits per heavy atom. The lowest BCUT2D eigenvalue weighted by Gasteiger charge is -2.32. The molecule has 4 aromatic rings. The van der Waals surface area contributed by atoms with Gasteiger partial charge in [0.15, 0.2) is 0 Å². The highest BCUT2D eigenvalue weighted by atomic mass is 15.4. The SMILES string of the molecule is Cc1c2c(c3c(c1N1c4ccccc4N(C)[C@@H]1C)Cc1ccccc1-3)-c1ccccc1C2. The summed E-state index contributed by atoms with van der Waals surface area (Å²) >= 11 is 0. The number of anilines is 3. The van der Waals surface area contributed by atoms with Crippen LogP contribution in [0, 0.1) is 6.92 Å². The highest BCUT2D eigenvalue weighted by molar-refractivity contribution is 6.01.